The number of ether oxygens (including phenoxy) is 1. The summed E-state index contributed by atoms with van der Waals surface area (Å²) in [5.74, 6) is -0.0341. The first-order valence-corrected chi connectivity index (χ1v) is 38.5. The van der Waals surface area contributed by atoms with Crippen LogP contribution in [0.25, 0.3) is 0 Å². The molecule has 0 aliphatic rings. The average molecular weight is 1170 g/mol. The topological polar surface area (TPSA) is 95.9 Å². The number of aliphatic hydroxyl groups excluding tert-OH is 2. The molecule has 1 amide bonds. The molecule has 494 valence electrons. The Labute approximate surface area is 520 Å². The molecular weight excluding hydrogens is 1020 g/mol. The van der Waals surface area contributed by atoms with Crippen LogP contribution in [0.2, 0.25) is 0 Å². The molecule has 6 nitrogen and oxygen atoms in total. The SMILES string of the molecule is CCCCCCCCCCCCCCCCCCC/C=C/C(O)C(CO)NC(=O)CCCCCCCCCCCCCCCCCCCCCCCCCCCCCCCCCOC(=O)CCCCCCCCCCCCCCCCCC. The zero-order chi connectivity index (χ0) is 59.9. The van der Waals surface area contributed by atoms with Crippen molar-refractivity contribution in [1.82, 2.24) is 5.32 Å². The fraction of sp³-hybridized carbons (Fsp3) is 0.948. The largest absolute Gasteiger partial charge is 0.466 e. The van der Waals surface area contributed by atoms with Crippen molar-refractivity contribution in [3.63, 3.8) is 0 Å². The third-order valence-electron chi connectivity index (χ3n) is 18.3. The third kappa shape index (κ3) is 69.6. The second kappa shape index (κ2) is 73.1. The standard InChI is InChI=1S/C77H151NO5/c1-3-5-7-9-11-13-15-17-19-21-35-38-41-45-49-53-57-61-65-69-75(80)74(73-79)78-76(81)70-66-62-58-54-50-46-42-39-36-33-31-29-27-25-23-22-24-26-28-30-32-34-37-40-44-48-52-56-60-64-68-72-83-77(82)71-67-63-59-55-51-47-43-20-18-16-14-12-10-8-6-4-2/h65,69,74-75,79-80H,3-64,66-68,70-73H2,1-2H3,(H,78,81)/b69-65+. The molecule has 6 heteroatoms. The quantitative estimate of drug-likeness (QED) is 0.0320. The van der Waals surface area contributed by atoms with E-state index in [9.17, 15) is 19.8 Å². The predicted octanol–water partition coefficient (Wildman–Crippen LogP) is 25.1. The highest BCUT2D eigenvalue weighted by Gasteiger charge is 2.18. The van der Waals surface area contributed by atoms with Gasteiger partial charge in [0.15, 0.2) is 0 Å². The Kier molecular flexibility index (Phi) is 71.8. The van der Waals surface area contributed by atoms with Gasteiger partial charge < -0.3 is 20.3 Å². The van der Waals surface area contributed by atoms with Crippen LogP contribution in [0.4, 0.5) is 0 Å². The lowest BCUT2D eigenvalue weighted by Crippen LogP contribution is -2.45. The molecule has 0 aromatic rings. The number of hydrogen-bond donors (Lipinski definition) is 3. The number of hydrogen-bond acceptors (Lipinski definition) is 5. The third-order valence-corrected chi connectivity index (χ3v) is 18.3. The fourth-order valence-corrected chi connectivity index (χ4v) is 12.5. The molecule has 0 saturated heterocycles. The van der Waals surface area contributed by atoms with Gasteiger partial charge in [0, 0.05) is 12.8 Å². The first kappa shape index (κ1) is 81.6. The minimum absolute atomic E-state index is 0.0250. The lowest BCUT2D eigenvalue weighted by molar-refractivity contribution is -0.143. The molecular formula is C77H151NO5. The molecule has 2 unspecified atom stereocenters. The monoisotopic (exact) mass is 1170 g/mol. The van der Waals surface area contributed by atoms with Crippen LogP contribution in [0.3, 0.4) is 0 Å². The Hall–Kier alpha value is -1.40. The van der Waals surface area contributed by atoms with Crippen molar-refractivity contribution in [2.24, 2.45) is 0 Å². The van der Waals surface area contributed by atoms with E-state index in [0.29, 0.717) is 19.4 Å². The van der Waals surface area contributed by atoms with E-state index >= 15 is 0 Å². The van der Waals surface area contributed by atoms with E-state index < -0.39 is 12.1 Å². The van der Waals surface area contributed by atoms with Gasteiger partial charge in [-0.3, -0.25) is 9.59 Å². The molecule has 83 heavy (non-hydrogen) atoms. The Morgan fingerprint density at radius 3 is 0.819 bits per heavy atom. The summed E-state index contributed by atoms with van der Waals surface area (Å²) in [6, 6.07) is -0.625. The number of carbonyl (C=O) groups is 2. The summed E-state index contributed by atoms with van der Waals surface area (Å²) in [5, 5.41) is 23.3. The van der Waals surface area contributed by atoms with Gasteiger partial charge in [0.1, 0.15) is 0 Å². The number of unbranched alkanes of at least 4 members (excludes halogenated alkanes) is 62. The number of rotatable bonds is 73. The molecule has 0 aromatic heterocycles. The normalized spacial score (nSPS) is 12.5. The molecule has 0 bridgehead atoms. The van der Waals surface area contributed by atoms with Gasteiger partial charge in [0.2, 0.25) is 5.91 Å². The molecule has 0 fully saturated rings. The molecule has 0 radical (unpaired) electrons. The number of amides is 1. The van der Waals surface area contributed by atoms with Crippen molar-refractivity contribution in [1.29, 1.82) is 0 Å². The van der Waals surface area contributed by atoms with E-state index in [-0.39, 0.29) is 18.5 Å². The summed E-state index contributed by atoms with van der Waals surface area (Å²) in [6.07, 6.45) is 91.8. The molecule has 0 aromatic carbocycles. The second-order valence-electron chi connectivity index (χ2n) is 26.7. The predicted molar refractivity (Wildman–Crippen MR) is 366 cm³/mol. The number of aliphatic hydroxyl groups is 2. The number of carbonyl (C=O) groups excluding carboxylic acids is 2. The Morgan fingerprint density at radius 2 is 0.554 bits per heavy atom. The van der Waals surface area contributed by atoms with Crippen LogP contribution in [-0.4, -0.2) is 47.4 Å². The molecule has 3 N–H and O–H groups in total. The van der Waals surface area contributed by atoms with E-state index in [1.807, 2.05) is 6.08 Å². The summed E-state index contributed by atoms with van der Waals surface area (Å²) in [4.78, 5) is 24.6. The molecule has 0 spiro atoms. The van der Waals surface area contributed by atoms with Crippen molar-refractivity contribution in [3.05, 3.63) is 12.2 Å². The number of esters is 1. The van der Waals surface area contributed by atoms with Gasteiger partial charge in [-0.15, -0.1) is 0 Å². The first-order valence-electron chi connectivity index (χ1n) is 38.5. The summed E-state index contributed by atoms with van der Waals surface area (Å²) in [7, 11) is 0. The van der Waals surface area contributed by atoms with Crippen LogP contribution in [0.15, 0.2) is 12.2 Å². The second-order valence-corrected chi connectivity index (χ2v) is 26.7. The summed E-state index contributed by atoms with van der Waals surface area (Å²) in [5.41, 5.74) is 0. The zero-order valence-corrected chi connectivity index (χ0v) is 56.7. The molecule has 0 heterocycles. The highest BCUT2D eigenvalue weighted by Crippen LogP contribution is 2.20. The van der Waals surface area contributed by atoms with E-state index in [2.05, 4.69) is 19.2 Å². The van der Waals surface area contributed by atoms with Crippen molar-refractivity contribution >= 4 is 11.9 Å². The van der Waals surface area contributed by atoms with Crippen LogP contribution in [0, 0.1) is 0 Å². The molecule has 2 atom stereocenters. The van der Waals surface area contributed by atoms with Crippen molar-refractivity contribution in [3.8, 4) is 0 Å². The van der Waals surface area contributed by atoms with Crippen molar-refractivity contribution in [2.75, 3.05) is 13.2 Å². The maximum absolute atomic E-state index is 12.5. The van der Waals surface area contributed by atoms with Crippen LogP contribution >= 0.6 is 0 Å². The summed E-state index contributed by atoms with van der Waals surface area (Å²) < 4.78 is 5.51. The van der Waals surface area contributed by atoms with Crippen molar-refractivity contribution < 1.29 is 24.5 Å². The molecule has 0 saturated carbocycles. The van der Waals surface area contributed by atoms with E-state index in [4.69, 9.17) is 4.74 Å². The fourth-order valence-electron chi connectivity index (χ4n) is 12.5. The van der Waals surface area contributed by atoms with E-state index in [1.165, 1.54) is 379 Å². The highest BCUT2D eigenvalue weighted by atomic mass is 16.5. The smallest absolute Gasteiger partial charge is 0.305 e. The first-order chi connectivity index (χ1) is 41.0. The van der Waals surface area contributed by atoms with Gasteiger partial charge in [-0.05, 0) is 32.1 Å². The minimum atomic E-state index is -0.841. The van der Waals surface area contributed by atoms with Gasteiger partial charge in [-0.2, -0.15) is 0 Å². The number of nitrogens with one attached hydrogen (secondary N) is 1. The zero-order valence-electron chi connectivity index (χ0n) is 56.7. The van der Waals surface area contributed by atoms with Gasteiger partial charge in [0.05, 0.1) is 25.4 Å². The van der Waals surface area contributed by atoms with Gasteiger partial charge in [-0.1, -0.05) is 411 Å². The van der Waals surface area contributed by atoms with Gasteiger partial charge >= 0.3 is 5.97 Å². The van der Waals surface area contributed by atoms with Crippen LogP contribution < -0.4 is 5.32 Å². The van der Waals surface area contributed by atoms with Crippen molar-refractivity contribution in [2.45, 2.75) is 456 Å². The molecule has 0 rings (SSSR count). The van der Waals surface area contributed by atoms with E-state index in [1.54, 1.807) is 6.08 Å². The summed E-state index contributed by atoms with van der Waals surface area (Å²) in [6.45, 7) is 4.96. The maximum atomic E-state index is 12.5. The van der Waals surface area contributed by atoms with Crippen LogP contribution in [0.5, 0.6) is 0 Å². The average Bonchev–Trinajstić information content (AvgIpc) is 3.49. The Bertz CT molecular complexity index is 1260. The number of allylic oxidation sites excluding steroid dienone is 1. The molecule has 0 aliphatic carbocycles. The van der Waals surface area contributed by atoms with Crippen LogP contribution in [0.1, 0.15) is 444 Å². The Balaban J connectivity index is 3.33. The lowest BCUT2D eigenvalue weighted by atomic mass is 10.0. The highest BCUT2D eigenvalue weighted by molar-refractivity contribution is 5.76. The van der Waals surface area contributed by atoms with E-state index in [0.717, 1.165) is 38.5 Å². The van der Waals surface area contributed by atoms with Gasteiger partial charge in [0.25, 0.3) is 0 Å². The van der Waals surface area contributed by atoms with Gasteiger partial charge in [-0.25, -0.2) is 0 Å². The minimum Gasteiger partial charge on any atom is -0.466 e. The maximum Gasteiger partial charge on any atom is 0.305 e. The summed E-state index contributed by atoms with van der Waals surface area (Å²) >= 11 is 0. The van der Waals surface area contributed by atoms with Crippen LogP contribution in [-0.2, 0) is 14.3 Å². The Morgan fingerprint density at radius 1 is 0.325 bits per heavy atom. The molecule has 0 aliphatic heterocycles. The lowest BCUT2D eigenvalue weighted by Gasteiger charge is -2.20.